The number of amides is 1. The van der Waals surface area contributed by atoms with Crippen molar-refractivity contribution >= 4 is 30.7 Å². The maximum absolute atomic E-state index is 12.3. The lowest BCUT2D eigenvalue weighted by Crippen LogP contribution is -2.43. The lowest BCUT2D eigenvalue weighted by Gasteiger charge is -2.30. The van der Waals surface area contributed by atoms with Crippen LogP contribution in [0.5, 0.6) is 0 Å². The van der Waals surface area contributed by atoms with Crippen molar-refractivity contribution in [1.82, 2.24) is 10.2 Å². The molecule has 0 heterocycles. The van der Waals surface area contributed by atoms with E-state index in [0.717, 1.165) is 12.1 Å². The van der Waals surface area contributed by atoms with Crippen molar-refractivity contribution in [1.29, 1.82) is 0 Å². The number of carbonyl (C=O) groups is 1. The molecule has 1 unspecified atom stereocenters. The van der Waals surface area contributed by atoms with E-state index in [9.17, 15) is 4.79 Å². The molecule has 134 valence electrons. The van der Waals surface area contributed by atoms with E-state index in [1.807, 2.05) is 30.3 Å². The van der Waals surface area contributed by atoms with Gasteiger partial charge in [-0.2, -0.15) is 0 Å². The average Bonchev–Trinajstić information content (AvgIpc) is 2.44. The minimum Gasteiger partial charge on any atom is -0.354 e. The Morgan fingerprint density at radius 1 is 1.09 bits per heavy atom. The van der Waals surface area contributed by atoms with Crippen molar-refractivity contribution in [3.8, 4) is 0 Å². The molecule has 0 spiro atoms. The van der Waals surface area contributed by atoms with Crippen LogP contribution in [0.2, 0.25) is 0 Å². The van der Waals surface area contributed by atoms with Crippen LogP contribution in [0.3, 0.4) is 0 Å². The molecule has 0 aromatic heterocycles. The molecule has 1 aromatic rings. The van der Waals surface area contributed by atoms with Crippen molar-refractivity contribution < 1.29 is 4.79 Å². The topological polar surface area (TPSA) is 58.4 Å². The monoisotopic (exact) mass is 363 g/mol. The molecule has 0 aliphatic heterocycles. The van der Waals surface area contributed by atoms with Gasteiger partial charge in [-0.25, -0.2) is 0 Å². The lowest BCUT2D eigenvalue weighted by molar-refractivity contribution is -0.122. The maximum atomic E-state index is 12.3. The summed E-state index contributed by atoms with van der Waals surface area (Å²) in [4.78, 5) is 14.6. The van der Waals surface area contributed by atoms with E-state index in [-0.39, 0.29) is 36.6 Å². The SMILES string of the molecule is CC(C)N(CCNC(=O)C(CN)c1ccccc1)C(C)C.Cl.Cl. The Morgan fingerprint density at radius 2 is 1.61 bits per heavy atom. The largest absolute Gasteiger partial charge is 0.354 e. The summed E-state index contributed by atoms with van der Waals surface area (Å²) in [5.74, 6) is -0.256. The molecule has 0 bridgehead atoms. The Kier molecular flexibility index (Phi) is 13.4. The first-order chi connectivity index (χ1) is 9.97. The molecule has 0 fully saturated rings. The molecule has 6 heteroatoms. The van der Waals surface area contributed by atoms with Gasteiger partial charge in [-0.1, -0.05) is 30.3 Å². The fourth-order valence-corrected chi connectivity index (χ4v) is 2.62. The summed E-state index contributed by atoms with van der Waals surface area (Å²) >= 11 is 0. The molecule has 3 N–H and O–H groups in total. The van der Waals surface area contributed by atoms with Gasteiger partial charge in [0.1, 0.15) is 0 Å². The molecule has 1 atom stereocenters. The van der Waals surface area contributed by atoms with Gasteiger partial charge in [0.05, 0.1) is 5.92 Å². The Bertz CT molecular complexity index is 419. The highest BCUT2D eigenvalue weighted by molar-refractivity contribution is 5.85. The van der Waals surface area contributed by atoms with E-state index < -0.39 is 0 Å². The first-order valence-corrected chi connectivity index (χ1v) is 7.75. The molecule has 4 nitrogen and oxygen atoms in total. The van der Waals surface area contributed by atoms with Gasteiger partial charge >= 0.3 is 0 Å². The van der Waals surface area contributed by atoms with Crippen molar-refractivity contribution in [2.24, 2.45) is 5.73 Å². The Hall–Kier alpha value is -0.810. The van der Waals surface area contributed by atoms with Gasteiger partial charge in [0.15, 0.2) is 0 Å². The minimum atomic E-state index is -0.266. The molecule has 0 radical (unpaired) electrons. The van der Waals surface area contributed by atoms with Crippen LogP contribution in [-0.2, 0) is 4.79 Å². The number of hydrogen-bond acceptors (Lipinski definition) is 3. The summed E-state index contributed by atoms with van der Waals surface area (Å²) in [6.07, 6.45) is 0. The van der Waals surface area contributed by atoms with E-state index in [2.05, 4.69) is 37.9 Å². The standard InChI is InChI=1S/C17H29N3O.2ClH/c1-13(2)20(14(3)4)11-10-19-17(21)16(12-18)15-8-6-5-7-9-15;;/h5-9,13-14,16H,10-12,18H2,1-4H3,(H,19,21);2*1H. The number of nitrogens with zero attached hydrogens (tertiary/aromatic N) is 1. The summed E-state index contributed by atoms with van der Waals surface area (Å²) in [5, 5.41) is 3.01. The van der Waals surface area contributed by atoms with Gasteiger partial charge in [-0.05, 0) is 33.3 Å². The number of nitrogens with one attached hydrogen (secondary N) is 1. The van der Waals surface area contributed by atoms with E-state index in [0.29, 0.717) is 25.2 Å². The molecule has 1 amide bonds. The van der Waals surface area contributed by atoms with Gasteiger partial charge in [-0.3, -0.25) is 9.69 Å². The summed E-state index contributed by atoms with van der Waals surface area (Å²) < 4.78 is 0. The van der Waals surface area contributed by atoms with Crippen molar-refractivity contribution in [3.63, 3.8) is 0 Å². The van der Waals surface area contributed by atoms with Gasteiger partial charge < -0.3 is 11.1 Å². The molecule has 0 saturated heterocycles. The lowest BCUT2D eigenvalue weighted by atomic mass is 9.98. The van der Waals surface area contributed by atoms with Crippen LogP contribution in [0.15, 0.2) is 30.3 Å². The number of benzene rings is 1. The zero-order valence-electron chi connectivity index (χ0n) is 14.5. The van der Waals surface area contributed by atoms with Gasteiger partial charge in [0.25, 0.3) is 0 Å². The summed E-state index contributed by atoms with van der Waals surface area (Å²) in [7, 11) is 0. The first kappa shape index (κ1) is 24.4. The second kappa shape index (κ2) is 12.6. The normalized spacial score (nSPS) is 11.8. The number of rotatable bonds is 8. The van der Waals surface area contributed by atoms with Crippen LogP contribution in [0.4, 0.5) is 0 Å². The molecule has 0 saturated carbocycles. The number of halogens is 2. The fraction of sp³-hybridized carbons (Fsp3) is 0.588. The van der Waals surface area contributed by atoms with Gasteiger partial charge in [0.2, 0.25) is 5.91 Å². The molecule has 0 aliphatic rings. The molecule has 1 aromatic carbocycles. The Labute approximate surface area is 153 Å². The van der Waals surface area contributed by atoms with Crippen LogP contribution >= 0.6 is 24.8 Å². The molecule has 1 rings (SSSR count). The van der Waals surface area contributed by atoms with Crippen molar-refractivity contribution in [3.05, 3.63) is 35.9 Å². The zero-order chi connectivity index (χ0) is 15.8. The van der Waals surface area contributed by atoms with E-state index in [1.54, 1.807) is 0 Å². The highest BCUT2D eigenvalue weighted by atomic mass is 35.5. The van der Waals surface area contributed by atoms with Crippen LogP contribution < -0.4 is 11.1 Å². The zero-order valence-corrected chi connectivity index (χ0v) is 16.1. The highest BCUT2D eigenvalue weighted by Gasteiger charge is 2.19. The Morgan fingerprint density at radius 3 is 2.04 bits per heavy atom. The van der Waals surface area contributed by atoms with Gasteiger partial charge in [-0.15, -0.1) is 24.8 Å². The van der Waals surface area contributed by atoms with E-state index in [4.69, 9.17) is 5.73 Å². The van der Waals surface area contributed by atoms with E-state index >= 15 is 0 Å². The van der Waals surface area contributed by atoms with Crippen molar-refractivity contribution in [2.75, 3.05) is 19.6 Å². The third-order valence-electron chi connectivity index (χ3n) is 3.75. The smallest absolute Gasteiger partial charge is 0.228 e. The first-order valence-electron chi connectivity index (χ1n) is 7.75. The van der Waals surface area contributed by atoms with Crippen LogP contribution in [0.1, 0.15) is 39.2 Å². The second-order valence-electron chi connectivity index (χ2n) is 5.92. The minimum absolute atomic E-state index is 0. The van der Waals surface area contributed by atoms with E-state index in [1.165, 1.54) is 0 Å². The highest BCUT2D eigenvalue weighted by Crippen LogP contribution is 2.14. The predicted molar refractivity (Wildman–Crippen MR) is 103 cm³/mol. The number of hydrogen-bond donors (Lipinski definition) is 2. The molecular formula is C17H31Cl2N3O. The quantitative estimate of drug-likeness (QED) is 0.746. The van der Waals surface area contributed by atoms with Gasteiger partial charge in [0, 0.05) is 31.7 Å². The van der Waals surface area contributed by atoms with Crippen molar-refractivity contribution in [2.45, 2.75) is 45.7 Å². The van der Waals surface area contributed by atoms with Crippen LogP contribution in [0, 0.1) is 0 Å². The van der Waals surface area contributed by atoms with Crippen LogP contribution in [0.25, 0.3) is 0 Å². The van der Waals surface area contributed by atoms with Crippen LogP contribution in [-0.4, -0.2) is 42.5 Å². The number of carbonyl (C=O) groups excluding carboxylic acids is 1. The molecule has 23 heavy (non-hydrogen) atoms. The average molecular weight is 364 g/mol. The third-order valence-corrected chi connectivity index (χ3v) is 3.75. The Balaban J connectivity index is 0. The summed E-state index contributed by atoms with van der Waals surface area (Å²) in [6, 6.07) is 10.7. The molecule has 0 aliphatic carbocycles. The number of nitrogens with two attached hydrogens (primary N) is 1. The third kappa shape index (κ3) is 8.02. The fourth-order valence-electron chi connectivity index (χ4n) is 2.62. The summed E-state index contributed by atoms with van der Waals surface area (Å²) in [5.41, 5.74) is 6.74. The summed E-state index contributed by atoms with van der Waals surface area (Å²) in [6.45, 7) is 10.5. The molecular weight excluding hydrogens is 333 g/mol. The predicted octanol–water partition coefficient (Wildman–Crippen LogP) is 2.81. The second-order valence-corrected chi connectivity index (χ2v) is 5.92. The maximum Gasteiger partial charge on any atom is 0.228 e.